The number of ether oxygens (including phenoxy) is 1. The number of rotatable bonds is 4. The van der Waals surface area contributed by atoms with Gasteiger partial charge < -0.3 is 10.1 Å². The zero-order chi connectivity index (χ0) is 14.7. The Bertz CT molecular complexity index is 609. The number of benzene rings is 1. The van der Waals surface area contributed by atoms with Gasteiger partial charge >= 0.3 is 0 Å². The van der Waals surface area contributed by atoms with Crippen LogP contribution in [-0.2, 0) is 0 Å². The first-order valence-corrected chi connectivity index (χ1v) is 7.58. The Morgan fingerprint density at radius 1 is 1.14 bits per heavy atom. The molecule has 3 rings (SSSR count). The third-order valence-corrected chi connectivity index (χ3v) is 3.96. The highest BCUT2D eigenvalue weighted by atomic mass is 35.5. The van der Waals surface area contributed by atoms with Crippen molar-refractivity contribution in [2.45, 2.75) is 31.7 Å². The lowest BCUT2D eigenvalue weighted by molar-refractivity contribution is 0.415. The summed E-state index contributed by atoms with van der Waals surface area (Å²) in [6.45, 7) is 0. The van der Waals surface area contributed by atoms with Crippen LogP contribution in [0.2, 0.25) is 5.28 Å². The van der Waals surface area contributed by atoms with Crippen LogP contribution in [0.15, 0.2) is 30.3 Å². The molecule has 0 aliphatic heterocycles. The fourth-order valence-electron chi connectivity index (χ4n) is 2.68. The van der Waals surface area contributed by atoms with Crippen LogP contribution >= 0.6 is 11.6 Å². The van der Waals surface area contributed by atoms with Gasteiger partial charge in [0, 0.05) is 17.7 Å². The number of hydrogen-bond acceptors (Lipinski definition) is 4. The first kappa shape index (κ1) is 14.1. The van der Waals surface area contributed by atoms with E-state index >= 15 is 0 Å². The lowest BCUT2D eigenvalue weighted by Gasteiger charge is -2.13. The molecular weight excluding hydrogens is 286 g/mol. The largest absolute Gasteiger partial charge is 0.497 e. The van der Waals surface area contributed by atoms with E-state index in [2.05, 4.69) is 15.3 Å². The van der Waals surface area contributed by atoms with E-state index in [-0.39, 0.29) is 5.28 Å². The average molecular weight is 304 g/mol. The molecule has 0 saturated heterocycles. The summed E-state index contributed by atoms with van der Waals surface area (Å²) in [4.78, 5) is 8.58. The van der Waals surface area contributed by atoms with Gasteiger partial charge in [-0.15, -0.1) is 0 Å². The lowest BCUT2D eigenvalue weighted by Crippen LogP contribution is -2.15. The van der Waals surface area contributed by atoms with Crippen molar-refractivity contribution in [2.24, 2.45) is 0 Å². The molecule has 110 valence electrons. The van der Waals surface area contributed by atoms with Crippen molar-refractivity contribution >= 4 is 17.4 Å². The normalized spacial score (nSPS) is 15.1. The fraction of sp³-hybridized carbons (Fsp3) is 0.375. The number of methoxy groups -OCH3 is 1. The molecule has 0 bridgehead atoms. The minimum absolute atomic E-state index is 0.267. The summed E-state index contributed by atoms with van der Waals surface area (Å²) in [6.07, 6.45) is 4.95. The Morgan fingerprint density at radius 3 is 2.52 bits per heavy atom. The van der Waals surface area contributed by atoms with E-state index in [1.54, 1.807) is 7.11 Å². The van der Waals surface area contributed by atoms with Crippen LogP contribution in [-0.4, -0.2) is 23.1 Å². The van der Waals surface area contributed by atoms with Gasteiger partial charge in [0.05, 0.1) is 12.8 Å². The molecule has 5 heteroatoms. The zero-order valence-corrected chi connectivity index (χ0v) is 12.7. The van der Waals surface area contributed by atoms with Gasteiger partial charge in [0.1, 0.15) is 11.6 Å². The van der Waals surface area contributed by atoms with Gasteiger partial charge in [-0.05, 0) is 48.7 Å². The molecular formula is C16H18ClN3O. The molecule has 1 aliphatic rings. The summed E-state index contributed by atoms with van der Waals surface area (Å²) in [5.74, 6) is 1.62. The number of anilines is 1. The molecule has 1 fully saturated rings. The number of nitrogens with one attached hydrogen (secondary N) is 1. The molecule has 1 aromatic carbocycles. The smallest absolute Gasteiger partial charge is 0.224 e. The predicted octanol–water partition coefficient (Wildman–Crippen LogP) is 4.16. The molecule has 1 heterocycles. The number of nitrogens with zero attached hydrogens (tertiary/aromatic N) is 2. The maximum atomic E-state index is 6.06. The van der Waals surface area contributed by atoms with Gasteiger partial charge in [0.25, 0.3) is 0 Å². The number of hydrogen-bond donors (Lipinski definition) is 1. The molecule has 1 N–H and O–H groups in total. The molecule has 2 aromatic rings. The predicted molar refractivity (Wildman–Crippen MR) is 84.9 cm³/mol. The Balaban J connectivity index is 1.85. The Morgan fingerprint density at radius 2 is 1.86 bits per heavy atom. The van der Waals surface area contributed by atoms with Crippen molar-refractivity contribution in [3.8, 4) is 17.0 Å². The van der Waals surface area contributed by atoms with Crippen LogP contribution in [0.25, 0.3) is 11.3 Å². The topological polar surface area (TPSA) is 47.0 Å². The van der Waals surface area contributed by atoms with Crippen LogP contribution in [0.5, 0.6) is 5.75 Å². The van der Waals surface area contributed by atoms with Crippen molar-refractivity contribution < 1.29 is 4.74 Å². The van der Waals surface area contributed by atoms with Crippen molar-refractivity contribution in [2.75, 3.05) is 12.4 Å². The Kier molecular flexibility index (Phi) is 4.25. The van der Waals surface area contributed by atoms with E-state index in [1.165, 1.54) is 25.7 Å². The van der Waals surface area contributed by atoms with E-state index < -0.39 is 0 Å². The highest BCUT2D eigenvalue weighted by Crippen LogP contribution is 2.26. The maximum absolute atomic E-state index is 6.06. The SMILES string of the molecule is COc1ccc(-c2cc(NC3CCCC3)nc(Cl)n2)cc1. The van der Waals surface area contributed by atoms with Crippen molar-refractivity contribution in [1.82, 2.24) is 9.97 Å². The van der Waals surface area contributed by atoms with Crippen molar-refractivity contribution in [3.63, 3.8) is 0 Å². The quantitative estimate of drug-likeness (QED) is 0.862. The Labute approximate surface area is 129 Å². The molecule has 4 nitrogen and oxygen atoms in total. The van der Waals surface area contributed by atoms with Crippen LogP contribution in [0.3, 0.4) is 0 Å². The summed E-state index contributed by atoms with van der Waals surface area (Å²) in [5.41, 5.74) is 1.81. The van der Waals surface area contributed by atoms with Crippen molar-refractivity contribution in [1.29, 1.82) is 0 Å². The molecule has 1 aromatic heterocycles. The monoisotopic (exact) mass is 303 g/mol. The standard InChI is InChI=1S/C16H18ClN3O/c1-21-13-8-6-11(7-9-13)14-10-15(20-16(17)19-14)18-12-4-2-3-5-12/h6-10,12H,2-5H2,1H3,(H,18,19,20). The molecule has 21 heavy (non-hydrogen) atoms. The Hall–Kier alpha value is -1.81. The van der Waals surface area contributed by atoms with Gasteiger partial charge in [0.2, 0.25) is 5.28 Å². The second-order valence-electron chi connectivity index (χ2n) is 5.26. The van der Waals surface area contributed by atoms with E-state index in [0.717, 1.165) is 22.8 Å². The van der Waals surface area contributed by atoms with E-state index in [0.29, 0.717) is 6.04 Å². The second-order valence-corrected chi connectivity index (χ2v) is 5.60. The average Bonchev–Trinajstić information content (AvgIpc) is 2.99. The number of aromatic nitrogens is 2. The number of halogens is 1. The summed E-state index contributed by atoms with van der Waals surface area (Å²) < 4.78 is 5.17. The minimum Gasteiger partial charge on any atom is -0.497 e. The van der Waals surface area contributed by atoms with Crippen LogP contribution in [0.1, 0.15) is 25.7 Å². The van der Waals surface area contributed by atoms with Gasteiger partial charge in [-0.1, -0.05) is 12.8 Å². The molecule has 0 amide bonds. The van der Waals surface area contributed by atoms with E-state index in [9.17, 15) is 0 Å². The minimum atomic E-state index is 0.267. The molecule has 0 spiro atoms. The van der Waals surface area contributed by atoms with Gasteiger partial charge in [0.15, 0.2) is 0 Å². The maximum Gasteiger partial charge on any atom is 0.224 e. The summed E-state index contributed by atoms with van der Waals surface area (Å²) in [7, 11) is 1.65. The molecule has 1 saturated carbocycles. The van der Waals surface area contributed by atoms with Gasteiger partial charge in [-0.2, -0.15) is 0 Å². The highest BCUT2D eigenvalue weighted by Gasteiger charge is 2.16. The third kappa shape index (κ3) is 3.45. The second kappa shape index (κ2) is 6.31. The highest BCUT2D eigenvalue weighted by molar-refractivity contribution is 6.28. The van der Waals surface area contributed by atoms with E-state index in [4.69, 9.17) is 16.3 Å². The lowest BCUT2D eigenvalue weighted by atomic mass is 10.1. The first-order valence-electron chi connectivity index (χ1n) is 7.20. The van der Waals surface area contributed by atoms with Gasteiger partial charge in [-0.3, -0.25) is 0 Å². The summed E-state index contributed by atoms with van der Waals surface area (Å²) in [6, 6.07) is 10.2. The molecule has 0 radical (unpaired) electrons. The molecule has 1 aliphatic carbocycles. The van der Waals surface area contributed by atoms with Crippen LogP contribution < -0.4 is 10.1 Å². The van der Waals surface area contributed by atoms with Crippen molar-refractivity contribution in [3.05, 3.63) is 35.6 Å². The van der Waals surface area contributed by atoms with Gasteiger partial charge in [-0.25, -0.2) is 9.97 Å². The summed E-state index contributed by atoms with van der Waals surface area (Å²) >= 11 is 6.06. The first-order chi connectivity index (χ1) is 10.2. The molecule has 0 atom stereocenters. The van der Waals surface area contributed by atoms with Crippen LogP contribution in [0.4, 0.5) is 5.82 Å². The summed E-state index contributed by atoms with van der Waals surface area (Å²) in [5, 5.41) is 3.72. The fourth-order valence-corrected chi connectivity index (χ4v) is 2.86. The third-order valence-electron chi connectivity index (χ3n) is 3.79. The zero-order valence-electron chi connectivity index (χ0n) is 12.0. The van der Waals surface area contributed by atoms with Crippen LogP contribution in [0, 0.1) is 0 Å². The molecule has 0 unspecified atom stereocenters. The van der Waals surface area contributed by atoms with E-state index in [1.807, 2.05) is 30.3 Å².